The first-order valence-electron chi connectivity index (χ1n) is 6.49. The number of hydrogen-bond donors (Lipinski definition) is 2. The molecule has 0 rings (SSSR count). The number of amides is 1. The molecule has 0 saturated carbocycles. The minimum absolute atomic E-state index is 0.193. The predicted molar refractivity (Wildman–Crippen MR) is 77.0 cm³/mol. The molecular formula is C12H26N2O4S. The lowest BCUT2D eigenvalue weighted by molar-refractivity contribution is -0.119. The number of carbonyl (C=O) groups excluding carboxylic acids is 1. The predicted octanol–water partition coefficient (Wildman–Crippen LogP) is 0.340. The van der Waals surface area contributed by atoms with Crippen LogP contribution >= 0.6 is 11.8 Å². The summed E-state index contributed by atoms with van der Waals surface area (Å²) in [6.07, 6.45) is 4.21. The second-order valence-electron chi connectivity index (χ2n) is 3.91. The Morgan fingerprint density at radius 3 is 2.37 bits per heavy atom. The molecule has 0 saturated heterocycles. The van der Waals surface area contributed by atoms with E-state index in [1.54, 1.807) is 11.8 Å². The Morgan fingerprint density at radius 2 is 1.79 bits per heavy atom. The van der Waals surface area contributed by atoms with E-state index in [1.165, 1.54) is 0 Å². The summed E-state index contributed by atoms with van der Waals surface area (Å²) in [7, 11) is 0. The highest BCUT2D eigenvalue weighted by Gasteiger charge is 2.05. The first-order valence-corrected chi connectivity index (χ1v) is 7.77. The molecule has 0 bridgehead atoms. The van der Waals surface area contributed by atoms with Gasteiger partial charge in [0.1, 0.15) is 5.44 Å². The molecule has 1 unspecified atom stereocenters. The minimum atomic E-state index is -0.352. The second-order valence-corrected chi connectivity index (χ2v) is 4.91. The smallest absolute Gasteiger partial charge is 0.219 e. The highest BCUT2D eigenvalue weighted by Crippen LogP contribution is 2.13. The molecular weight excluding hydrogens is 268 g/mol. The Morgan fingerprint density at radius 1 is 1.16 bits per heavy atom. The van der Waals surface area contributed by atoms with Crippen LogP contribution in [0.25, 0.3) is 0 Å². The van der Waals surface area contributed by atoms with E-state index in [0.29, 0.717) is 39.6 Å². The Bertz CT molecular complexity index is 220. The SMILES string of the molecule is CSC(CCCN)OCCOCCOCCC(N)=O. The standard InChI is InChI=1S/C12H26N2O4S/c1-19-12(3-2-5-13)18-10-9-17-8-7-16-6-4-11(14)15/h12H,2-10,13H2,1H3,(H2,14,15). The molecule has 0 aromatic rings. The van der Waals surface area contributed by atoms with Crippen molar-refractivity contribution >= 4 is 17.7 Å². The zero-order valence-electron chi connectivity index (χ0n) is 11.6. The molecule has 7 heteroatoms. The Hall–Kier alpha value is -0.340. The van der Waals surface area contributed by atoms with Gasteiger partial charge < -0.3 is 25.7 Å². The average Bonchev–Trinajstić information content (AvgIpc) is 2.40. The van der Waals surface area contributed by atoms with Gasteiger partial charge in [-0.25, -0.2) is 0 Å². The maximum Gasteiger partial charge on any atom is 0.219 e. The number of thioether (sulfide) groups is 1. The van der Waals surface area contributed by atoms with Gasteiger partial charge in [0, 0.05) is 6.42 Å². The van der Waals surface area contributed by atoms with E-state index >= 15 is 0 Å². The van der Waals surface area contributed by atoms with Gasteiger partial charge in [0.25, 0.3) is 0 Å². The van der Waals surface area contributed by atoms with Gasteiger partial charge in [-0.1, -0.05) is 0 Å². The van der Waals surface area contributed by atoms with Gasteiger partial charge in [-0.3, -0.25) is 4.79 Å². The average molecular weight is 294 g/mol. The number of carbonyl (C=O) groups is 1. The van der Waals surface area contributed by atoms with E-state index in [2.05, 4.69) is 0 Å². The van der Waals surface area contributed by atoms with Crippen LogP contribution in [0, 0.1) is 0 Å². The highest BCUT2D eigenvalue weighted by atomic mass is 32.2. The zero-order chi connectivity index (χ0) is 14.3. The van der Waals surface area contributed by atoms with Crippen LogP contribution in [-0.4, -0.2) is 57.2 Å². The lowest BCUT2D eigenvalue weighted by Crippen LogP contribution is -2.17. The maximum atomic E-state index is 10.4. The molecule has 1 amide bonds. The Balaban J connectivity index is 3.22. The first kappa shape index (κ1) is 18.7. The molecule has 6 nitrogen and oxygen atoms in total. The summed E-state index contributed by atoms with van der Waals surface area (Å²) >= 11 is 1.69. The van der Waals surface area contributed by atoms with E-state index in [0.717, 1.165) is 12.8 Å². The van der Waals surface area contributed by atoms with Gasteiger partial charge in [0.2, 0.25) is 5.91 Å². The fourth-order valence-corrected chi connectivity index (χ4v) is 1.92. The maximum absolute atomic E-state index is 10.4. The highest BCUT2D eigenvalue weighted by molar-refractivity contribution is 7.99. The van der Waals surface area contributed by atoms with Gasteiger partial charge in [-0.2, -0.15) is 0 Å². The number of ether oxygens (including phenoxy) is 3. The topological polar surface area (TPSA) is 96.8 Å². The molecule has 0 aliphatic carbocycles. The Labute approximate surface area is 119 Å². The molecule has 0 fully saturated rings. The molecule has 0 heterocycles. The third-order valence-electron chi connectivity index (χ3n) is 2.30. The summed E-state index contributed by atoms with van der Waals surface area (Å²) in [5, 5.41) is 0. The third kappa shape index (κ3) is 13.9. The van der Waals surface area contributed by atoms with Crippen LogP contribution in [0.2, 0.25) is 0 Å². The molecule has 0 aromatic heterocycles. The van der Waals surface area contributed by atoms with Gasteiger partial charge in [0.05, 0.1) is 33.0 Å². The number of primary amides is 1. The van der Waals surface area contributed by atoms with Gasteiger partial charge in [-0.05, 0) is 25.6 Å². The second kappa shape index (κ2) is 14.1. The monoisotopic (exact) mass is 294 g/mol. The molecule has 0 aromatic carbocycles. The van der Waals surface area contributed by atoms with E-state index < -0.39 is 0 Å². The van der Waals surface area contributed by atoms with Crippen molar-refractivity contribution in [3.8, 4) is 0 Å². The number of nitrogens with two attached hydrogens (primary N) is 2. The van der Waals surface area contributed by atoms with Gasteiger partial charge >= 0.3 is 0 Å². The van der Waals surface area contributed by atoms with Crippen LogP contribution < -0.4 is 11.5 Å². The van der Waals surface area contributed by atoms with Gasteiger partial charge in [0.15, 0.2) is 0 Å². The molecule has 0 aliphatic heterocycles. The van der Waals surface area contributed by atoms with Crippen LogP contribution in [0.3, 0.4) is 0 Å². The van der Waals surface area contributed by atoms with E-state index in [9.17, 15) is 4.79 Å². The first-order chi connectivity index (χ1) is 9.20. The van der Waals surface area contributed by atoms with Gasteiger partial charge in [-0.15, -0.1) is 11.8 Å². The summed E-state index contributed by atoms with van der Waals surface area (Å²) in [4.78, 5) is 10.4. The lowest BCUT2D eigenvalue weighted by Gasteiger charge is -2.15. The minimum Gasteiger partial charge on any atom is -0.379 e. The molecule has 0 radical (unpaired) electrons. The van der Waals surface area contributed by atoms with E-state index in [1.807, 2.05) is 6.26 Å². The number of hydrogen-bond acceptors (Lipinski definition) is 6. The van der Waals surface area contributed by atoms with Crippen LogP contribution in [0.15, 0.2) is 0 Å². The molecule has 19 heavy (non-hydrogen) atoms. The summed E-state index contributed by atoms with van der Waals surface area (Å²) in [5.74, 6) is -0.352. The normalized spacial score (nSPS) is 12.5. The fourth-order valence-electron chi connectivity index (χ4n) is 1.29. The summed E-state index contributed by atoms with van der Waals surface area (Å²) < 4.78 is 16.1. The van der Waals surface area contributed by atoms with Crippen molar-refractivity contribution in [2.45, 2.75) is 24.7 Å². The fraction of sp³-hybridized carbons (Fsp3) is 0.917. The van der Waals surface area contributed by atoms with Crippen LogP contribution in [0.5, 0.6) is 0 Å². The van der Waals surface area contributed by atoms with E-state index in [4.69, 9.17) is 25.7 Å². The Kier molecular flexibility index (Phi) is 13.8. The number of rotatable bonds is 14. The molecule has 114 valence electrons. The van der Waals surface area contributed by atoms with Crippen LogP contribution in [0.1, 0.15) is 19.3 Å². The summed E-state index contributed by atoms with van der Waals surface area (Å²) in [6.45, 7) is 3.11. The van der Waals surface area contributed by atoms with Crippen molar-refractivity contribution in [2.24, 2.45) is 11.5 Å². The van der Waals surface area contributed by atoms with Crippen molar-refractivity contribution in [3.05, 3.63) is 0 Å². The molecule has 0 aliphatic rings. The summed E-state index contributed by atoms with van der Waals surface area (Å²) in [5.41, 5.74) is 10.6. The van der Waals surface area contributed by atoms with Crippen LogP contribution in [-0.2, 0) is 19.0 Å². The van der Waals surface area contributed by atoms with Crippen molar-refractivity contribution in [3.63, 3.8) is 0 Å². The summed E-state index contributed by atoms with van der Waals surface area (Å²) in [6, 6.07) is 0. The zero-order valence-corrected chi connectivity index (χ0v) is 12.5. The van der Waals surface area contributed by atoms with Crippen molar-refractivity contribution < 1.29 is 19.0 Å². The van der Waals surface area contributed by atoms with E-state index in [-0.39, 0.29) is 17.8 Å². The quantitative estimate of drug-likeness (QED) is 0.354. The molecule has 4 N–H and O–H groups in total. The van der Waals surface area contributed by atoms with Crippen LogP contribution in [0.4, 0.5) is 0 Å². The van der Waals surface area contributed by atoms with Crippen molar-refractivity contribution in [1.82, 2.24) is 0 Å². The third-order valence-corrected chi connectivity index (χ3v) is 3.20. The van der Waals surface area contributed by atoms with Crippen molar-refractivity contribution in [1.29, 1.82) is 0 Å². The van der Waals surface area contributed by atoms with Crippen molar-refractivity contribution in [2.75, 3.05) is 45.8 Å². The lowest BCUT2D eigenvalue weighted by atomic mass is 10.3. The molecule has 1 atom stereocenters. The molecule has 0 spiro atoms. The largest absolute Gasteiger partial charge is 0.379 e.